The number of carbonyl (C=O) groups is 1. The molecular formula is C19H21FN4OS. The first-order valence-corrected chi connectivity index (χ1v) is 9.13. The maximum absolute atomic E-state index is 13.5. The highest BCUT2D eigenvalue weighted by atomic mass is 32.1. The van der Waals surface area contributed by atoms with Crippen LogP contribution in [0.1, 0.15) is 26.8 Å². The fourth-order valence-corrected chi connectivity index (χ4v) is 3.97. The van der Waals surface area contributed by atoms with Gasteiger partial charge < -0.3 is 10.2 Å². The lowest BCUT2D eigenvalue weighted by Crippen LogP contribution is -2.34. The fraction of sp³-hybridized carbons (Fsp3) is 0.263. The molecule has 0 aliphatic rings. The lowest BCUT2D eigenvalue weighted by atomic mass is 10.1. The van der Waals surface area contributed by atoms with Crippen LogP contribution in [0.5, 0.6) is 0 Å². The molecule has 1 amide bonds. The highest BCUT2D eigenvalue weighted by Gasteiger charge is 2.21. The maximum Gasteiger partial charge on any atom is 0.255 e. The molecule has 0 saturated heterocycles. The molecule has 1 atom stereocenters. The van der Waals surface area contributed by atoms with Gasteiger partial charge in [-0.15, -0.1) is 11.3 Å². The number of halogens is 1. The molecule has 136 valence electrons. The normalized spacial score (nSPS) is 12.3. The van der Waals surface area contributed by atoms with Crippen molar-refractivity contribution < 1.29 is 9.18 Å². The Kier molecular flexibility index (Phi) is 5.49. The maximum atomic E-state index is 13.5. The molecule has 3 aromatic rings. The number of likely N-dealkylation sites (N-methyl/N-ethyl adjacent to an activating group) is 1. The first-order chi connectivity index (χ1) is 12.5. The van der Waals surface area contributed by atoms with Crippen molar-refractivity contribution in [3.05, 3.63) is 63.7 Å². The average Bonchev–Trinajstić information content (AvgIpc) is 3.24. The molecule has 3 rings (SSSR count). The topological polar surface area (TPSA) is 61.0 Å². The Labute approximate surface area is 155 Å². The summed E-state index contributed by atoms with van der Waals surface area (Å²) in [6, 6.07) is 8.26. The van der Waals surface area contributed by atoms with Gasteiger partial charge in [0.2, 0.25) is 0 Å². The van der Waals surface area contributed by atoms with Crippen LogP contribution in [0.15, 0.2) is 41.9 Å². The number of nitrogens with zero attached hydrogens (tertiary/aromatic N) is 2. The highest BCUT2D eigenvalue weighted by Crippen LogP contribution is 2.27. The molecule has 2 aromatic heterocycles. The number of thiophene rings is 1. The summed E-state index contributed by atoms with van der Waals surface area (Å²) in [5.41, 5.74) is 2.71. The van der Waals surface area contributed by atoms with Gasteiger partial charge in [0.05, 0.1) is 23.5 Å². The van der Waals surface area contributed by atoms with E-state index in [-0.39, 0.29) is 17.8 Å². The van der Waals surface area contributed by atoms with Crippen LogP contribution in [0.3, 0.4) is 0 Å². The Hall–Kier alpha value is -2.51. The number of hydrogen-bond donors (Lipinski definition) is 2. The van der Waals surface area contributed by atoms with Crippen molar-refractivity contribution in [2.24, 2.45) is 0 Å². The summed E-state index contributed by atoms with van der Waals surface area (Å²) in [6.45, 7) is 2.54. The molecule has 0 spiro atoms. The smallest absolute Gasteiger partial charge is 0.255 e. The minimum absolute atomic E-state index is 0.0865. The molecule has 1 unspecified atom stereocenters. The predicted octanol–water partition coefficient (Wildman–Crippen LogP) is 3.62. The molecule has 2 N–H and O–H groups in total. The van der Waals surface area contributed by atoms with E-state index in [9.17, 15) is 9.18 Å². The first-order valence-electron chi connectivity index (χ1n) is 8.25. The molecule has 2 heterocycles. The average molecular weight is 372 g/mol. The monoisotopic (exact) mass is 372 g/mol. The van der Waals surface area contributed by atoms with Gasteiger partial charge >= 0.3 is 0 Å². The van der Waals surface area contributed by atoms with Crippen molar-refractivity contribution in [3.8, 4) is 11.3 Å². The second kappa shape index (κ2) is 7.80. The summed E-state index contributed by atoms with van der Waals surface area (Å²) < 4.78 is 13.5. The third-order valence-electron chi connectivity index (χ3n) is 4.28. The molecular weight excluding hydrogens is 351 g/mol. The number of nitrogens with one attached hydrogen (secondary N) is 2. The zero-order valence-electron chi connectivity index (χ0n) is 14.9. The van der Waals surface area contributed by atoms with E-state index in [1.54, 1.807) is 23.5 Å². The van der Waals surface area contributed by atoms with Crippen LogP contribution < -0.4 is 5.32 Å². The van der Waals surface area contributed by atoms with Crippen molar-refractivity contribution in [1.29, 1.82) is 0 Å². The molecule has 0 bridgehead atoms. The van der Waals surface area contributed by atoms with Crippen LogP contribution >= 0.6 is 11.3 Å². The number of aromatic nitrogens is 2. The van der Waals surface area contributed by atoms with E-state index in [4.69, 9.17) is 0 Å². The number of hydrogen-bond acceptors (Lipinski definition) is 4. The van der Waals surface area contributed by atoms with Gasteiger partial charge in [-0.3, -0.25) is 9.89 Å². The third-order valence-corrected chi connectivity index (χ3v) is 5.40. The number of benzene rings is 1. The van der Waals surface area contributed by atoms with Crippen LogP contribution in [0.25, 0.3) is 11.3 Å². The number of rotatable bonds is 6. The predicted molar refractivity (Wildman–Crippen MR) is 102 cm³/mol. The minimum atomic E-state index is -0.357. The summed E-state index contributed by atoms with van der Waals surface area (Å²) >= 11 is 1.68. The van der Waals surface area contributed by atoms with Crippen molar-refractivity contribution in [2.75, 3.05) is 20.6 Å². The molecule has 5 nitrogen and oxygen atoms in total. The Bertz CT molecular complexity index is 902. The van der Waals surface area contributed by atoms with Gasteiger partial charge in [-0.2, -0.15) is 5.10 Å². The molecule has 0 aliphatic carbocycles. The molecule has 0 radical (unpaired) electrons. The quantitative estimate of drug-likeness (QED) is 0.695. The first kappa shape index (κ1) is 18.3. The second-order valence-electron chi connectivity index (χ2n) is 6.33. The molecule has 26 heavy (non-hydrogen) atoms. The van der Waals surface area contributed by atoms with Crippen LogP contribution in [0.4, 0.5) is 4.39 Å². The number of aryl methyl sites for hydroxylation is 1. The van der Waals surface area contributed by atoms with Crippen molar-refractivity contribution in [2.45, 2.75) is 13.0 Å². The van der Waals surface area contributed by atoms with Crippen LogP contribution in [0.2, 0.25) is 0 Å². The Morgan fingerprint density at radius 2 is 2.19 bits per heavy atom. The summed E-state index contributed by atoms with van der Waals surface area (Å²) in [7, 11) is 3.98. The van der Waals surface area contributed by atoms with Crippen molar-refractivity contribution in [3.63, 3.8) is 0 Å². The van der Waals surface area contributed by atoms with E-state index in [0.717, 1.165) is 0 Å². The Morgan fingerprint density at radius 3 is 2.85 bits per heavy atom. The van der Waals surface area contributed by atoms with Crippen molar-refractivity contribution >= 4 is 17.2 Å². The van der Waals surface area contributed by atoms with Crippen LogP contribution in [-0.2, 0) is 0 Å². The highest BCUT2D eigenvalue weighted by molar-refractivity contribution is 7.10. The number of H-pyrrole nitrogens is 1. The van der Waals surface area contributed by atoms with Gasteiger partial charge in [0, 0.05) is 17.0 Å². The second-order valence-corrected chi connectivity index (χ2v) is 7.27. The summed E-state index contributed by atoms with van der Waals surface area (Å²) in [5.74, 6) is -0.594. The van der Waals surface area contributed by atoms with E-state index < -0.39 is 0 Å². The van der Waals surface area contributed by atoms with Gasteiger partial charge in [0.15, 0.2) is 0 Å². The van der Waals surface area contributed by atoms with E-state index >= 15 is 0 Å². The summed E-state index contributed by atoms with van der Waals surface area (Å²) in [6.07, 6.45) is 1.47. The fourth-order valence-electron chi connectivity index (χ4n) is 2.84. The van der Waals surface area contributed by atoms with Crippen LogP contribution in [0, 0.1) is 12.7 Å². The Morgan fingerprint density at radius 1 is 1.38 bits per heavy atom. The lowest BCUT2D eigenvalue weighted by molar-refractivity contribution is 0.0943. The molecule has 1 aromatic carbocycles. The third kappa shape index (κ3) is 3.84. The van der Waals surface area contributed by atoms with Gasteiger partial charge in [0.1, 0.15) is 5.82 Å². The minimum Gasteiger partial charge on any atom is -0.350 e. The van der Waals surface area contributed by atoms with E-state index in [0.29, 0.717) is 23.4 Å². The standard InChI is InChI=1S/C19H21FN4OS/c1-12-7-8-26-18(12)16(24(2)3)11-21-19(25)15-10-22-23-17(15)13-5-4-6-14(20)9-13/h4-10,16H,11H2,1-3H3,(H,21,25)(H,22,23). The number of amides is 1. The number of carbonyl (C=O) groups excluding carboxylic acids is 1. The van der Waals surface area contributed by atoms with Gasteiger partial charge in [-0.25, -0.2) is 4.39 Å². The van der Waals surface area contributed by atoms with E-state index in [1.165, 1.54) is 28.8 Å². The lowest BCUT2D eigenvalue weighted by Gasteiger charge is -2.24. The molecule has 7 heteroatoms. The number of aromatic amines is 1. The van der Waals surface area contributed by atoms with Gasteiger partial charge in [-0.05, 0) is 50.2 Å². The molecule has 0 fully saturated rings. The van der Waals surface area contributed by atoms with Gasteiger partial charge in [-0.1, -0.05) is 12.1 Å². The SMILES string of the molecule is Cc1ccsc1C(CNC(=O)c1cn[nH]c1-c1cccc(F)c1)N(C)C. The van der Waals surface area contributed by atoms with E-state index in [2.05, 4.69) is 38.8 Å². The Balaban J connectivity index is 1.77. The van der Waals surface area contributed by atoms with E-state index in [1.807, 2.05) is 14.1 Å². The molecule has 0 saturated carbocycles. The van der Waals surface area contributed by atoms with Gasteiger partial charge in [0.25, 0.3) is 5.91 Å². The largest absolute Gasteiger partial charge is 0.350 e. The zero-order valence-corrected chi connectivity index (χ0v) is 15.7. The summed E-state index contributed by atoms with van der Waals surface area (Å²) in [4.78, 5) is 16.0. The molecule has 0 aliphatic heterocycles. The zero-order chi connectivity index (χ0) is 18.7. The van der Waals surface area contributed by atoms with Crippen molar-refractivity contribution in [1.82, 2.24) is 20.4 Å². The summed E-state index contributed by atoms with van der Waals surface area (Å²) in [5, 5.41) is 11.8. The van der Waals surface area contributed by atoms with Crippen LogP contribution in [-0.4, -0.2) is 41.6 Å².